The molecule has 0 spiro atoms. The quantitative estimate of drug-likeness (QED) is 0.410. The van der Waals surface area contributed by atoms with Crippen LogP contribution in [0, 0.1) is 17.8 Å². The molecule has 152 valence electrons. The maximum Gasteiger partial charge on any atom is 0.410 e. The molecule has 0 radical (unpaired) electrons. The lowest BCUT2D eigenvalue weighted by molar-refractivity contribution is -0.134. The van der Waals surface area contributed by atoms with Gasteiger partial charge in [0.15, 0.2) is 5.94 Å². The van der Waals surface area contributed by atoms with Crippen molar-refractivity contribution in [3.05, 3.63) is 24.3 Å². The maximum atomic E-state index is 12.3. The summed E-state index contributed by atoms with van der Waals surface area (Å²) in [7, 11) is -3.81. The van der Waals surface area contributed by atoms with Crippen molar-refractivity contribution in [2.45, 2.75) is 24.7 Å². The Balaban J connectivity index is 1.86. The standard InChI is InChI=1S/C18H22N2O7S/c1-2-3-12-26-15-4-6-16(7-5-15)28(24,25)13-27-18(22)20-10-8-14(9-11-20)17(21)19-23/h4-7,14,23H,8-13H2,1H3,(H,19,21). The first-order chi connectivity index (χ1) is 13.4. The summed E-state index contributed by atoms with van der Waals surface area (Å²) in [4.78, 5) is 24.8. The second-order valence-electron chi connectivity index (χ2n) is 6.07. The van der Waals surface area contributed by atoms with Crippen molar-refractivity contribution >= 4 is 21.8 Å². The van der Waals surface area contributed by atoms with E-state index in [1.807, 2.05) is 0 Å². The third-order valence-electron chi connectivity index (χ3n) is 4.24. The van der Waals surface area contributed by atoms with Crippen LogP contribution in [0.15, 0.2) is 29.2 Å². The van der Waals surface area contributed by atoms with Crippen molar-refractivity contribution in [1.29, 1.82) is 0 Å². The maximum absolute atomic E-state index is 12.3. The number of nitrogens with one attached hydrogen (secondary N) is 1. The molecule has 1 saturated heterocycles. The van der Waals surface area contributed by atoms with E-state index in [9.17, 15) is 18.0 Å². The summed E-state index contributed by atoms with van der Waals surface area (Å²) in [6, 6.07) is 5.75. The van der Waals surface area contributed by atoms with E-state index in [1.165, 1.54) is 29.2 Å². The van der Waals surface area contributed by atoms with Crippen molar-refractivity contribution in [2.24, 2.45) is 5.92 Å². The molecule has 1 aliphatic rings. The fraction of sp³-hybridized carbons (Fsp3) is 0.444. The molecule has 2 amide bonds. The molecule has 2 rings (SSSR count). The van der Waals surface area contributed by atoms with Gasteiger partial charge in [0.1, 0.15) is 12.4 Å². The molecule has 10 heteroatoms. The summed E-state index contributed by atoms with van der Waals surface area (Å²) >= 11 is 0. The van der Waals surface area contributed by atoms with Gasteiger partial charge in [0.2, 0.25) is 15.7 Å². The fourth-order valence-corrected chi connectivity index (χ4v) is 3.58. The van der Waals surface area contributed by atoms with E-state index in [0.29, 0.717) is 18.6 Å². The van der Waals surface area contributed by atoms with Gasteiger partial charge in [-0.3, -0.25) is 10.0 Å². The Morgan fingerprint density at radius 2 is 1.89 bits per heavy atom. The Bertz CT molecular complexity index is 848. The molecule has 1 fully saturated rings. The highest BCUT2D eigenvalue weighted by Gasteiger charge is 2.28. The van der Waals surface area contributed by atoms with Crippen LogP contribution in [0.4, 0.5) is 4.79 Å². The lowest BCUT2D eigenvalue weighted by Crippen LogP contribution is -2.43. The average molecular weight is 410 g/mol. The van der Waals surface area contributed by atoms with Gasteiger partial charge in [0.25, 0.3) is 0 Å². The van der Waals surface area contributed by atoms with E-state index in [-0.39, 0.29) is 30.5 Å². The zero-order chi connectivity index (χ0) is 20.6. The summed E-state index contributed by atoms with van der Waals surface area (Å²) in [5.74, 6) is 4.22. The average Bonchev–Trinajstić information content (AvgIpc) is 2.72. The number of carbonyl (C=O) groups is 2. The van der Waals surface area contributed by atoms with Crippen LogP contribution in [0.25, 0.3) is 0 Å². The third kappa shape index (κ3) is 5.87. The minimum Gasteiger partial charge on any atom is -0.481 e. The number of ether oxygens (including phenoxy) is 2. The Labute approximate surface area is 163 Å². The highest BCUT2D eigenvalue weighted by molar-refractivity contribution is 7.91. The van der Waals surface area contributed by atoms with Gasteiger partial charge < -0.3 is 14.4 Å². The zero-order valence-corrected chi connectivity index (χ0v) is 16.2. The molecule has 0 unspecified atom stereocenters. The van der Waals surface area contributed by atoms with E-state index in [2.05, 4.69) is 11.8 Å². The van der Waals surface area contributed by atoms with Gasteiger partial charge in [-0.15, -0.1) is 5.92 Å². The van der Waals surface area contributed by atoms with Gasteiger partial charge in [0.05, 0.1) is 4.90 Å². The molecule has 2 N–H and O–H groups in total. The number of amides is 2. The Morgan fingerprint density at radius 1 is 1.25 bits per heavy atom. The van der Waals surface area contributed by atoms with Crippen molar-refractivity contribution in [1.82, 2.24) is 10.4 Å². The van der Waals surface area contributed by atoms with Crippen LogP contribution in [0.3, 0.4) is 0 Å². The summed E-state index contributed by atoms with van der Waals surface area (Å²) < 4.78 is 34.9. The Morgan fingerprint density at radius 3 is 2.46 bits per heavy atom. The molecular weight excluding hydrogens is 388 g/mol. The van der Waals surface area contributed by atoms with Crippen LogP contribution < -0.4 is 10.2 Å². The van der Waals surface area contributed by atoms with Crippen LogP contribution in [-0.2, 0) is 19.4 Å². The van der Waals surface area contributed by atoms with Gasteiger partial charge in [-0.25, -0.2) is 18.7 Å². The number of hydrogen-bond acceptors (Lipinski definition) is 7. The number of piperidine rings is 1. The van der Waals surface area contributed by atoms with Crippen LogP contribution in [0.2, 0.25) is 0 Å². The van der Waals surface area contributed by atoms with Crippen LogP contribution in [0.1, 0.15) is 19.8 Å². The number of hydrogen-bond donors (Lipinski definition) is 2. The Kier molecular flexibility index (Phi) is 7.66. The number of rotatable bonds is 6. The van der Waals surface area contributed by atoms with Gasteiger partial charge in [0, 0.05) is 19.0 Å². The monoisotopic (exact) mass is 410 g/mol. The molecular formula is C18H22N2O7S. The first-order valence-electron chi connectivity index (χ1n) is 8.58. The second kappa shape index (κ2) is 9.96. The molecule has 0 bridgehead atoms. The molecule has 0 aromatic heterocycles. The fourth-order valence-electron chi connectivity index (χ4n) is 2.64. The lowest BCUT2D eigenvalue weighted by Gasteiger charge is -2.30. The number of likely N-dealkylation sites (tertiary alicyclic amines) is 1. The molecule has 1 aromatic carbocycles. The van der Waals surface area contributed by atoms with Crippen molar-refractivity contribution in [2.75, 3.05) is 25.6 Å². The van der Waals surface area contributed by atoms with Crippen molar-refractivity contribution < 1.29 is 32.7 Å². The predicted molar refractivity (Wildman–Crippen MR) is 98.1 cm³/mol. The highest BCUT2D eigenvalue weighted by Crippen LogP contribution is 2.20. The molecule has 0 saturated carbocycles. The van der Waals surface area contributed by atoms with E-state index in [4.69, 9.17) is 14.7 Å². The molecule has 1 aromatic rings. The number of nitrogens with zero attached hydrogens (tertiary/aromatic N) is 1. The Hall–Kier alpha value is -2.77. The minimum atomic E-state index is -3.81. The smallest absolute Gasteiger partial charge is 0.410 e. The lowest BCUT2D eigenvalue weighted by atomic mass is 9.96. The minimum absolute atomic E-state index is 0.00699. The summed E-state index contributed by atoms with van der Waals surface area (Å²) in [5, 5.41) is 8.63. The molecule has 1 aliphatic heterocycles. The van der Waals surface area contributed by atoms with Gasteiger partial charge in [-0.05, 0) is 44.0 Å². The molecule has 28 heavy (non-hydrogen) atoms. The SMILES string of the molecule is CC#CCOc1ccc(S(=O)(=O)COC(=O)N2CCC(C(=O)NO)CC2)cc1. The summed E-state index contributed by atoms with van der Waals surface area (Å²) in [6.07, 6.45) is -0.0412. The zero-order valence-electron chi connectivity index (χ0n) is 15.4. The van der Waals surface area contributed by atoms with Gasteiger partial charge >= 0.3 is 6.09 Å². The molecule has 0 atom stereocenters. The molecule has 1 heterocycles. The van der Waals surface area contributed by atoms with E-state index in [1.54, 1.807) is 12.4 Å². The van der Waals surface area contributed by atoms with Crippen molar-refractivity contribution in [3.63, 3.8) is 0 Å². The highest BCUT2D eigenvalue weighted by atomic mass is 32.2. The van der Waals surface area contributed by atoms with Crippen LogP contribution in [-0.4, -0.2) is 56.2 Å². The van der Waals surface area contributed by atoms with Gasteiger partial charge in [-0.1, -0.05) is 5.92 Å². The van der Waals surface area contributed by atoms with Crippen LogP contribution >= 0.6 is 0 Å². The van der Waals surface area contributed by atoms with E-state index in [0.717, 1.165) is 0 Å². The summed E-state index contributed by atoms with van der Waals surface area (Å²) in [5.41, 5.74) is 1.59. The second-order valence-corrected chi connectivity index (χ2v) is 8.00. The number of benzene rings is 1. The van der Waals surface area contributed by atoms with E-state index >= 15 is 0 Å². The van der Waals surface area contributed by atoms with E-state index < -0.39 is 27.8 Å². The van der Waals surface area contributed by atoms with Gasteiger partial charge in [-0.2, -0.15) is 0 Å². The van der Waals surface area contributed by atoms with Crippen LogP contribution in [0.5, 0.6) is 5.75 Å². The molecule has 9 nitrogen and oxygen atoms in total. The molecule has 0 aliphatic carbocycles. The first kappa shape index (κ1) is 21.5. The largest absolute Gasteiger partial charge is 0.481 e. The topological polar surface area (TPSA) is 122 Å². The first-order valence-corrected chi connectivity index (χ1v) is 10.2. The third-order valence-corrected chi connectivity index (χ3v) is 5.66. The van der Waals surface area contributed by atoms with Crippen molar-refractivity contribution in [3.8, 4) is 17.6 Å². The number of hydroxylamine groups is 1. The normalized spacial score (nSPS) is 14.6. The number of sulfone groups is 1. The summed E-state index contributed by atoms with van der Waals surface area (Å²) in [6.45, 7) is 2.37. The predicted octanol–water partition coefficient (Wildman–Crippen LogP) is 1.17. The number of carbonyl (C=O) groups excluding carboxylic acids is 2.